The maximum absolute atomic E-state index is 3.36. The van der Waals surface area contributed by atoms with Crippen molar-refractivity contribution in [3.63, 3.8) is 0 Å². The van der Waals surface area contributed by atoms with Gasteiger partial charge >= 0.3 is 74.2 Å². The molecule has 0 aliphatic rings. The zero-order valence-electron chi connectivity index (χ0n) is 67.8. The van der Waals surface area contributed by atoms with Crippen molar-refractivity contribution in [1.82, 2.24) is 18.6 Å². The first-order valence-corrected chi connectivity index (χ1v) is 35.4. The standard InChI is InChI=1S/4C14H14N.C11H13N.2C10H13N2.C6H11N2.4V/c2*1-11-9-14(10-12(2)15(11)3)13-7-5-4-6-8-13;2*1-11-9-10-14(12(2)15(11)3)13-7-5-4-6-8-13;1-8-10-6-4-5-7-11(10)9(2)12(8)3;2*1-8-9-6-4-5-7-10(9)12(3)11(8)2;1-6-4-5-7(2)8(6)3;;;;/h4*4-7,9H,1-3H3;3*4-7H,1-3H3;4-5H,1-3H3;;;;/q4*-1;;3*+1;4*+2. The normalized spacial score (nSPS) is 10.1. The Kier molecular flexibility index (Phi) is 36.3. The number of nitrogens with zero attached hydrogens (tertiary/aromatic N) is 11. The van der Waals surface area contributed by atoms with E-state index in [1.165, 1.54) is 95.2 Å². The van der Waals surface area contributed by atoms with E-state index in [9.17, 15) is 0 Å². The first-order chi connectivity index (χ1) is 49.6. The number of para-hydroxylation sites is 2. The fourth-order valence-corrected chi connectivity index (χ4v) is 12.1. The van der Waals surface area contributed by atoms with E-state index in [0.29, 0.717) is 0 Å². The van der Waals surface area contributed by atoms with E-state index in [0.717, 1.165) is 55.9 Å². The molecule has 0 saturated heterocycles. The molecule has 0 saturated carbocycles. The van der Waals surface area contributed by atoms with E-state index in [4.69, 9.17) is 0 Å². The van der Waals surface area contributed by atoms with E-state index in [2.05, 4.69) is 363 Å². The third-order valence-electron chi connectivity index (χ3n) is 20.4. The fraction of sp³-hybridized carbons (Fsp3) is 0.258. The number of rotatable bonds is 4. The molecule has 0 spiro atoms. The van der Waals surface area contributed by atoms with Crippen molar-refractivity contribution >= 4 is 32.6 Å². The number of aryl methyl sites for hydroxylation is 14. The van der Waals surface area contributed by atoms with E-state index in [-0.39, 0.29) is 74.2 Å². The van der Waals surface area contributed by atoms with Gasteiger partial charge in [0.2, 0.25) is 11.0 Å². The molecule has 0 amide bonds. The molecular weight excluding hydrogens is 1470 g/mol. The molecule has 4 radical (unpaired) electrons. The Morgan fingerprint density at radius 2 is 0.611 bits per heavy atom. The molecule has 0 bridgehead atoms. The molecular formula is C93H106N11V4+7. The first kappa shape index (κ1) is 91.6. The second-order valence-corrected chi connectivity index (χ2v) is 26.6. The summed E-state index contributed by atoms with van der Waals surface area (Å²) in [5.41, 5.74) is 27.7. The number of fused-ring (bicyclic) bond motifs is 3. The molecule has 11 nitrogen and oxygen atoms in total. The summed E-state index contributed by atoms with van der Waals surface area (Å²) >= 11 is 0. The van der Waals surface area contributed by atoms with Crippen LogP contribution >= 0.6 is 0 Å². The van der Waals surface area contributed by atoms with Gasteiger partial charge in [0.15, 0.2) is 27.3 Å². The molecule has 15 rings (SSSR count). The van der Waals surface area contributed by atoms with Crippen LogP contribution in [0.15, 0.2) is 206 Å². The summed E-state index contributed by atoms with van der Waals surface area (Å²) in [4.78, 5) is 0. The Hall–Kier alpha value is -8.83. The maximum Gasteiger partial charge on any atom is 2.00 e. The molecule has 0 unspecified atom stereocenters. The van der Waals surface area contributed by atoms with Crippen LogP contribution in [0.4, 0.5) is 0 Å². The number of pyridine rings is 4. The molecule has 8 heterocycles. The van der Waals surface area contributed by atoms with Gasteiger partial charge < -0.3 is 4.57 Å². The zero-order chi connectivity index (χ0) is 75.6. The number of hydrogen-bond donors (Lipinski definition) is 0. The van der Waals surface area contributed by atoms with Crippen LogP contribution in [-0.4, -0.2) is 18.6 Å². The molecule has 0 fully saturated rings. The molecule has 0 atom stereocenters. The predicted molar refractivity (Wildman–Crippen MR) is 422 cm³/mol. The largest absolute Gasteiger partial charge is 2.00 e. The minimum absolute atomic E-state index is 0. The third-order valence-corrected chi connectivity index (χ3v) is 20.4. The zero-order valence-corrected chi connectivity index (χ0v) is 73.4. The summed E-state index contributed by atoms with van der Waals surface area (Å²) in [6.07, 6.45) is 2.04. The van der Waals surface area contributed by atoms with Crippen molar-refractivity contribution in [2.75, 3.05) is 0 Å². The van der Waals surface area contributed by atoms with E-state index >= 15 is 0 Å². The summed E-state index contributed by atoms with van der Waals surface area (Å²) in [5.74, 6) is 0. The van der Waals surface area contributed by atoms with Crippen molar-refractivity contribution in [2.45, 2.75) is 90.0 Å². The van der Waals surface area contributed by atoms with Crippen molar-refractivity contribution in [1.29, 1.82) is 0 Å². The van der Waals surface area contributed by atoms with E-state index < -0.39 is 0 Å². The van der Waals surface area contributed by atoms with Gasteiger partial charge in [-0.1, -0.05) is 60.7 Å². The second kappa shape index (κ2) is 42.8. The van der Waals surface area contributed by atoms with Gasteiger partial charge in [0.1, 0.15) is 51.0 Å². The monoisotopic (exact) mass is 1580 g/mol. The average molecular weight is 1580 g/mol. The number of benzene rings is 7. The van der Waals surface area contributed by atoms with Crippen molar-refractivity contribution in [3.8, 4) is 44.5 Å². The summed E-state index contributed by atoms with van der Waals surface area (Å²) in [6, 6.07) is 94.1. The molecule has 0 aliphatic carbocycles. The SMILES string of the molecule is Cc1[c-]c(-c2[c-]cccc2)cc(C)[n+]1C.Cc1[c-]c(-c2[c-]cccc2)cc(C)[n+]1C.Cc1c2ccccc2[n+](C)n1C.Cc1c2ccccc2[n+](C)n1C.Cc1c2ccccc2c(C)n1C.Cc1c[c-]c(-c2[c-]cccc2)c(C)[n+]1C.Cc1c[c-]c(-c2[c-]cccc2)c(C)[n+]1C.Cc1cc[n+](C)n1C.[V+2].[V+2].[V+2].[V+2]. The molecule has 8 aromatic heterocycles. The molecule has 0 N–H and O–H groups in total. The first-order valence-electron chi connectivity index (χ1n) is 35.4. The minimum Gasteiger partial charge on any atom is -0.351 e. The van der Waals surface area contributed by atoms with Crippen LogP contribution in [0.5, 0.6) is 0 Å². The van der Waals surface area contributed by atoms with Crippen LogP contribution in [0.3, 0.4) is 0 Å². The van der Waals surface area contributed by atoms with E-state index in [1.807, 2.05) is 110 Å². The topological polar surface area (TPSA) is 46.9 Å². The van der Waals surface area contributed by atoms with Gasteiger partial charge in [0.05, 0.1) is 71.8 Å². The molecule has 108 heavy (non-hydrogen) atoms. The van der Waals surface area contributed by atoms with Crippen molar-refractivity contribution in [3.05, 3.63) is 329 Å². The van der Waals surface area contributed by atoms with Gasteiger partial charge in [-0.25, -0.2) is 44.5 Å². The molecule has 7 aromatic carbocycles. The second-order valence-electron chi connectivity index (χ2n) is 26.6. The Morgan fingerprint density at radius 1 is 0.296 bits per heavy atom. The maximum atomic E-state index is 3.36. The van der Waals surface area contributed by atoms with E-state index in [1.54, 1.807) is 0 Å². The molecule has 0 aliphatic heterocycles. The number of aromatic nitrogens is 11. The van der Waals surface area contributed by atoms with Crippen LogP contribution in [0.25, 0.3) is 77.1 Å². The minimum atomic E-state index is 0. The van der Waals surface area contributed by atoms with Gasteiger partial charge in [-0.15, -0.1) is 50.4 Å². The van der Waals surface area contributed by atoms with Gasteiger partial charge in [-0.2, -0.15) is 122 Å². The third kappa shape index (κ3) is 22.7. The Bertz CT molecular complexity index is 4800. The average Bonchev–Trinajstić information content (AvgIpc) is 1.54. The summed E-state index contributed by atoms with van der Waals surface area (Å²) in [6.45, 7) is 27.4. The Morgan fingerprint density at radius 3 is 0.889 bits per heavy atom. The van der Waals surface area contributed by atoms with Gasteiger partial charge in [0.25, 0.3) is 0 Å². The van der Waals surface area contributed by atoms with Gasteiger partial charge in [0, 0.05) is 75.1 Å². The quantitative estimate of drug-likeness (QED) is 0.125. The van der Waals surface area contributed by atoms with Crippen molar-refractivity contribution < 1.29 is 107 Å². The van der Waals surface area contributed by atoms with Crippen LogP contribution in [0.1, 0.15) is 74.0 Å². The smallest absolute Gasteiger partial charge is 0.351 e. The van der Waals surface area contributed by atoms with Gasteiger partial charge in [-0.05, 0) is 74.4 Å². The Balaban J connectivity index is 0.000000261. The number of hydrogen-bond acceptors (Lipinski definition) is 0. The van der Waals surface area contributed by atoms with Crippen LogP contribution in [-0.2, 0) is 152 Å². The van der Waals surface area contributed by atoms with Crippen LogP contribution < -0.4 is 32.3 Å². The molecule has 15 aromatic rings. The summed E-state index contributed by atoms with van der Waals surface area (Å²) < 4.78 is 23.6. The predicted octanol–water partition coefficient (Wildman–Crippen LogP) is 15.1. The Labute approximate surface area is 693 Å². The fourth-order valence-electron chi connectivity index (χ4n) is 12.1. The molecule has 546 valence electrons. The summed E-state index contributed by atoms with van der Waals surface area (Å²) in [7, 11) is 22.7. The van der Waals surface area contributed by atoms with Crippen molar-refractivity contribution in [2.24, 2.45) is 77.5 Å². The van der Waals surface area contributed by atoms with Crippen LogP contribution in [0, 0.1) is 139 Å². The molecule has 15 heteroatoms. The van der Waals surface area contributed by atoms with Gasteiger partial charge in [-0.3, -0.25) is 31.4 Å². The summed E-state index contributed by atoms with van der Waals surface area (Å²) in [5, 5.41) is 5.42. The van der Waals surface area contributed by atoms with Crippen LogP contribution in [0.2, 0.25) is 0 Å².